The van der Waals surface area contributed by atoms with Crippen LogP contribution in [0.5, 0.6) is 0 Å². The van der Waals surface area contributed by atoms with Crippen molar-refractivity contribution in [1.29, 1.82) is 0 Å². The topological polar surface area (TPSA) is 20.2 Å². The maximum atomic E-state index is 9.77. The van der Waals surface area contributed by atoms with Gasteiger partial charge in [0.1, 0.15) is 0 Å². The predicted octanol–water partition coefficient (Wildman–Crippen LogP) is 3.20. The normalized spacial score (nSPS) is 14.8. The molecule has 0 aliphatic rings. The molecule has 0 amide bonds. The first-order valence-electron chi connectivity index (χ1n) is 5.16. The summed E-state index contributed by atoms with van der Waals surface area (Å²) in [7, 11) is 0. The van der Waals surface area contributed by atoms with Crippen LogP contribution in [0.3, 0.4) is 0 Å². The van der Waals surface area contributed by atoms with Crippen molar-refractivity contribution < 1.29 is 5.11 Å². The van der Waals surface area contributed by atoms with Crippen LogP contribution in [0.25, 0.3) is 0 Å². The van der Waals surface area contributed by atoms with Crippen molar-refractivity contribution in [1.82, 2.24) is 0 Å². The fraction of sp³-hybridized carbons (Fsp3) is 1.00. The first-order chi connectivity index (χ1) is 5.48. The molecule has 0 saturated carbocycles. The van der Waals surface area contributed by atoms with Crippen LogP contribution in [0.4, 0.5) is 0 Å². The molecule has 0 aliphatic carbocycles. The Morgan fingerprint density at radius 2 is 1.67 bits per heavy atom. The summed E-state index contributed by atoms with van der Waals surface area (Å²) >= 11 is -1.73. The van der Waals surface area contributed by atoms with Crippen LogP contribution in [-0.2, 0) is 0 Å². The summed E-state index contributed by atoms with van der Waals surface area (Å²) in [6.45, 7) is 2.22. The van der Waals surface area contributed by atoms with E-state index in [1.165, 1.54) is 25.7 Å². The number of hydrogen-bond acceptors (Lipinski definition) is 1. The van der Waals surface area contributed by atoms with Crippen molar-refractivity contribution in [3.8, 4) is 0 Å². The molecular weight excluding hydrogens is 209 g/mol. The molecule has 0 rings (SSSR count). The van der Waals surface area contributed by atoms with E-state index < -0.39 is 13.3 Å². The van der Waals surface area contributed by atoms with E-state index in [9.17, 15) is 5.11 Å². The molecule has 74 valence electrons. The molecule has 0 heterocycles. The summed E-state index contributed by atoms with van der Waals surface area (Å²) in [5, 5.41) is 9.77. The molecule has 12 heavy (non-hydrogen) atoms. The Bertz CT molecular complexity index is 107. The average molecular weight is 233 g/mol. The summed E-state index contributed by atoms with van der Waals surface area (Å²) in [6.07, 6.45) is 6.17. The van der Waals surface area contributed by atoms with Crippen LogP contribution in [0.1, 0.15) is 39.0 Å². The quantitative estimate of drug-likeness (QED) is 0.551. The van der Waals surface area contributed by atoms with Crippen LogP contribution < -0.4 is 0 Å². The molecule has 0 radical (unpaired) electrons. The maximum absolute atomic E-state index is 9.77. The van der Waals surface area contributed by atoms with Crippen LogP contribution >= 0.6 is 0 Å². The molecule has 1 nitrogen and oxygen atoms in total. The summed E-state index contributed by atoms with van der Waals surface area (Å²) in [6, 6.07) is 0. The fourth-order valence-corrected chi connectivity index (χ4v) is 3.44. The summed E-state index contributed by atoms with van der Waals surface area (Å²) in [5.41, 5.74) is 0. The van der Waals surface area contributed by atoms with Gasteiger partial charge < -0.3 is 0 Å². The Morgan fingerprint density at radius 3 is 2.08 bits per heavy atom. The summed E-state index contributed by atoms with van der Waals surface area (Å²) < 4.78 is 0. The van der Waals surface area contributed by atoms with Gasteiger partial charge in [0.25, 0.3) is 0 Å². The molecular formula is C10H24GeO. The van der Waals surface area contributed by atoms with E-state index in [0.29, 0.717) is 0 Å². The van der Waals surface area contributed by atoms with Gasteiger partial charge in [-0.25, -0.2) is 0 Å². The van der Waals surface area contributed by atoms with Crippen LogP contribution in [-0.4, -0.2) is 23.3 Å². The van der Waals surface area contributed by atoms with Crippen LogP contribution in [0.15, 0.2) is 0 Å². The molecule has 0 bridgehead atoms. The van der Waals surface area contributed by atoms with Gasteiger partial charge in [0.2, 0.25) is 0 Å². The summed E-state index contributed by atoms with van der Waals surface area (Å²) in [5.74, 6) is 6.85. The first kappa shape index (κ1) is 12.5. The third-order valence-electron chi connectivity index (χ3n) is 2.33. The molecule has 0 fully saturated rings. The zero-order valence-corrected chi connectivity index (χ0v) is 11.2. The minimum absolute atomic E-state index is 0.0573. The van der Waals surface area contributed by atoms with E-state index in [1.54, 1.807) is 0 Å². The van der Waals surface area contributed by atoms with Crippen molar-refractivity contribution in [3.05, 3.63) is 0 Å². The molecule has 2 heteroatoms. The van der Waals surface area contributed by atoms with Crippen molar-refractivity contribution in [2.75, 3.05) is 0 Å². The van der Waals surface area contributed by atoms with E-state index in [4.69, 9.17) is 0 Å². The van der Waals surface area contributed by atoms with E-state index in [1.807, 2.05) is 0 Å². The average Bonchev–Trinajstić information content (AvgIpc) is 1.96. The monoisotopic (exact) mass is 234 g/mol. The molecule has 1 atom stereocenters. The molecule has 0 spiro atoms. The number of unbranched alkanes of at least 4 members (excludes halogenated alkanes) is 3. The Labute approximate surface area is 79.9 Å². The molecule has 0 aliphatic heterocycles. The predicted molar refractivity (Wildman–Crippen MR) is 58.1 cm³/mol. The second kappa shape index (κ2) is 6.03. The van der Waals surface area contributed by atoms with Crippen LogP contribution in [0, 0.1) is 0 Å². The Morgan fingerprint density at radius 1 is 1.08 bits per heavy atom. The number of hydrogen-bond donors (Lipinski definition) is 1. The Balaban J connectivity index is 3.38. The molecule has 0 aromatic heterocycles. The SMILES string of the molecule is CCCCCC[CH](O)[Ge]([CH3])([CH3])[CH3]. The number of aliphatic hydroxyl groups excluding tert-OH is 1. The Kier molecular flexibility index (Phi) is 6.29. The fourth-order valence-electron chi connectivity index (χ4n) is 1.20. The van der Waals surface area contributed by atoms with Gasteiger partial charge >= 0.3 is 79.6 Å². The third kappa shape index (κ3) is 6.07. The second-order valence-corrected chi connectivity index (χ2v) is 16.1. The zero-order valence-electron chi connectivity index (χ0n) is 9.06. The second-order valence-electron chi connectivity index (χ2n) is 4.73. The van der Waals surface area contributed by atoms with E-state index in [2.05, 4.69) is 24.2 Å². The van der Waals surface area contributed by atoms with Gasteiger partial charge in [0.05, 0.1) is 0 Å². The zero-order chi connectivity index (χ0) is 9.61. The number of aliphatic hydroxyl groups is 1. The molecule has 0 aromatic carbocycles. The van der Waals surface area contributed by atoms with Crippen molar-refractivity contribution in [2.24, 2.45) is 0 Å². The van der Waals surface area contributed by atoms with Gasteiger partial charge in [-0.2, -0.15) is 0 Å². The standard InChI is InChI=1S/C10H24GeO/c1-5-6-7-8-9-10(12)11(2,3)4/h10,12H,5-9H2,1-4H3. The van der Waals surface area contributed by atoms with E-state index in [0.717, 1.165) is 6.42 Å². The van der Waals surface area contributed by atoms with Gasteiger partial charge in [-0.1, -0.05) is 0 Å². The third-order valence-corrected chi connectivity index (χ3v) is 7.13. The van der Waals surface area contributed by atoms with Crippen molar-refractivity contribution in [3.63, 3.8) is 0 Å². The van der Waals surface area contributed by atoms with Crippen LogP contribution in [0.2, 0.25) is 17.3 Å². The minimum atomic E-state index is -1.73. The van der Waals surface area contributed by atoms with Gasteiger partial charge in [0, 0.05) is 0 Å². The van der Waals surface area contributed by atoms with Crippen molar-refractivity contribution in [2.45, 2.75) is 61.2 Å². The molecule has 1 N–H and O–H groups in total. The summed E-state index contributed by atoms with van der Waals surface area (Å²) in [4.78, 5) is 0.0573. The molecule has 0 saturated heterocycles. The van der Waals surface area contributed by atoms with Gasteiger partial charge in [-0.15, -0.1) is 0 Å². The molecule has 1 unspecified atom stereocenters. The van der Waals surface area contributed by atoms with Gasteiger partial charge in [-0.3, -0.25) is 0 Å². The Hall–Kier alpha value is 0.503. The van der Waals surface area contributed by atoms with Gasteiger partial charge in [-0.05, 0) is 0 Å². The van der Waals surface area contributed by atoms with Gasteiger partial charge in [0.15, 0.2) is 0 Å². The first-order valence-corrected chi connectivity index (χ1v) is 12.7. The van der Waals surface area contributed by atoms with E-state index in [-0.39, 0.29) is 4.94 Å². The molecule has 0 aromatic rings. The van der Waals surface area contributed by atoms with E-state index >= 15 is 0 Å². The number of rotatable bonds is 6. The van der Waals surface area contributed by atoms with Crippen molar-refractivity contribution >= 4 is 13.3 Å².